The van der Waals surface area contributed by atoms with Gasteiger partial charge in [0.1, 0.15) is 6.04 Å². The van der Waals surface area contributed by atoms with Crippen LogP contribution in [0.4, 0.5) is 13.2 Å². The molecule has 0 spiro atoms. The van der Waals surface area contributed by atoms with Crippen LogP contribution in [0.3, 0.4) is 0 Å². The topological polar surface area (TPSA) is 64.9 Å². The highest BCUT2D eigenvalue weighted by atomic mass is 35.5. The Bertz CT molecular complexity index is 556. The Labute approximate surface area is 113 Å². The number of hydrogen-bond donors (Lipinski definition) is 1. The van der Waals surface area contributed by atoms with Crippen molar-refractivity contribution in [3.8, 4) is 0 Å². The maximum Gasteiger partial charge on any atom is 0.416 e. The molecule has 0 fully saturated rings. The standard InChI is InChI=1S/C11H10F3N3O.ClH/c1-6-16-10(18-17-6)9(15)7-3-2-4-8(5-7)11(12,13)14;/h2-5,9H,15H2,1H3;1H. The van der Waals surface area contributed by atoms with Gasteiger partial charge in [-0.3, -0.25) is 0 Å². The van der Waals surface area contributed by atoms with E-state index in [9.17, 15) is 13.2 Å². The van der Waals surface area contributed by atoms with Gasteiger partial charge < -0.3 is 10.3 Å². The zero-order chi connectivity index (χ0) is 13.3. The molecule has 0 bridgehead atoms. The molecule has 2 aromatic rings. The zero-order valence-corrected chi connectivity index (χ0v) is 10.6. The fourth-order valence-electron chi connectivity index (χ4n) is 1.49. The summed E-state index contributed by atoms with van der Waals surface area (Å²) in [6, 6.07) is 3.87. The molecular formula is C11H11ClF3N3O. The molecule has 8 heteroatoms. The van der Waals surface area contributed by atoms with Crippen LogP contribution in [0.25, 0.3) is 0 Å². The second-order valence-electron chi connectivity index (χ2n) is 3.78. The highest BCUT2D eigenvalue weighted by molar-refractivity contribution is 5.85. The lowest BCUT2D eigenvalue weighted by Crippen LogP contribution is -2.14. The maximum absolute atomic E-state index is 12.5. The Hall–Kier alpha value is -1.60. The Kier molecular flexibility index (Phi) is 4.54. The minimum atomic E-state index is -4.40. The van der Waals surface area contributed by atoms with Gasteiger partial charge in [-0.05, 0) is 24.6 Å². The van der Waals surface area contributed by atoms with E-state index in [-0.39, 0.29) is 23.9 Å². The Morgan fingerprint density at radius 3 is 2.53 bits per heavy atom. The van der Waals surface area contributed by atoms with E-state index in [2.05, 4.69) is 10.1 Å². The summed E-state index contributed by atoms with van der Waals surface area (Å²) >= 11 is 0. The van der Waals surface area contributed by atoms with Gasteiger partial charge in [-0.25, -0.2) is 0 Å². The van der Waals surface area contributed by atoms with E-state index in [4.69, 9.17) is 10.3 Å². The molecule has 1 aromatic heterocycles. The first-order valence-electron chi connectivity index (χ1n) is 5.11. The summed E-state index contributed by atoms with van der Waals surface area (Å²) in [4.78, 5) is 3.89. The van der Waals surface area contributed by atoms with Gasteiger partial charge >= 0.3 is 6.18 Å². The predicted octanol–water partition coefficient (Wildman–Crippen LogP) is 2.87. The van der Waals surface area contributed by atoms with Crippen LogP contribution < -0.4 is 5.73 Å². The van der Waals surface area contributed by atoms with Gasteiger partial charge in [0.05, 0.1) is 5.56 Å². The number of hydrogen-bond acceptors (Lipinski definition) is 4. The van der Waals surface area contributed by atoms with Gasteiger partial charge in [-0.2, -0.15) is 18.2 Å². The second-order valence-corrected chi connectivity index (χ2v) is 3.78. The van der Waals surface area contributed by atoms with E-state index < -0.39 is 17.8 Å². The summed E-state index contributed by atoms with van der Waals surface area (Å²) in [5, 5.41) is 3.55. The zero-order valence-electron chi connectivity index (χ0n) is 9.81. The highest BCUT2D eigenvalue weighted by Gasteiger charge is 2.31. The fraction of sp³-hybridized carbons (Fsp3) is 0.273. The van der Waals surface area contributed by atoms with Gasteiger partial charge in [0.25, 0.3) is 0 Å². The minimum absolute atomic E-state index is 0. The third kappa shape index (κ3) is 3.45. The molecule has 1 heterocycles. The lowest BCUT2D eigenvalue weighted by molar-refractivity contribution is -0.137. The lowest BCUT2D eigenvalue weighted by Gasteiger charge is -2.11. The van der Waals surface area contributed by atoms with Crippen molar-refractivity contribution in [1.29, 1.82) is 0 Å². The van der Waals surface area contributed by atoms with E-state index in [1.54, 1.807) is 6.92 Å². The molecule has 4 nitrogen and oxygen atoms in total. The van der Waals surface area contributed by atoms with Gasteiger partial charge in [-0.1, -0.05) is 17.3 Å². The molecule has 0 saturated carbocycles. The van der Waals surface area contributed by atoms with Crippen molar-refractivity contribution in [3.63, 3.8) is 0 Å². The van der Waals surface area contributed by atoms with Crippen molar-refractivity contribution in [3.05, 3.63) is 47.1 Å². The van der Waals surface area contributed by atoms with Crippen molar-refractivity contribution in [2.24, 2.45) is 5.73 Å². The molecule has 2 N–H and O–H groups in total. The van der Waals surface area contributed by atoms with Gasteiger partial charge in [0.2, 0.25) is 5.89 Å². The first-order valence-corrected chi connectivity index (χ1v) is 5.11. The normalized spacial score (nSPS) is 12.9. The van der Waals surface area contributed by atoms with Gasteiger partial charge in [0.15, 0.2) is 5.82 Å². The molecule has 1 atom stereocenters. The molecule has 104 valence electrons. The van der Waals surface area contributed by atoms with Crippen LogP contribution in [0.2, 0.25) is 0 Å². The van der Waals surface area contributed by atoms with Gasteiger partial charge in [0, 0.05) is 0 Å². The summed E-state index contributed by atoms with van der Waals surface area (Å²) in [5.74, 6) is 0.472. The van der Waals surface area contributed by atoms with E-state index in [1.807, 2.05) is 0 Å². The summed E-state index contributed by atoms with van der Waals surface area (Å²) in [6.07, 6.45) is -4.40. The van der Waals surface area contributed by atoms with Crippen molar-refractivity contribution in [1.82, 2.24) is 10.1 Å². The molecule has 2 rings (SSSR count). The lowest BCUT2D eigenvalue weighted by atomic mass is 10.0. The fourth-order valence-corrected chi connectivity index (χ4v) is 1.49. The summed E-state index contributed by atoms with van der Waals surface area (Å²) in [7, 11) is 0. The van der Waals surface area contributed by atoms with Crippen LogP contribution in [0.1, 0.15) is 28.9 Å². The Balaban J connectivity index is 0.00000180. The van der Waals surface area contributed by atoms with Crippen LogP contribution in [0.15, 0.2) is 28.8 Å². The first-order chi connectivity index (χ1) is 8.38. The third-order valence-corrected chi connectivity index (χ3v) is 2.38. The molecule has 0 radical (unpaired) electrons. The highest BCUT2D eigenvalue weighted by Crippen LogP contribution is 2.31. The monoisotopic (exact) mass is 293 g/mol. The number of benzene rings is 1. The Morgan fingerprint density at radius 1 is 1.32 bits per heavy atom. The number of aromatic nitrogens is 2. The SMILES string of the molecule is Cc1noc(C(N)c2cccc(C(F)(F)F)c2)n1.Cl. The van der Waals surface area contributed by atoms with E-state index in [0.717, 1.165) is 12.1 Å². The predicted molar refractivity (Wildman–Crippen MR) is 63.8 cm³/mol. The van der Waals surface area contributed by atoms with Crippen molar-refractivity contribution in [2.75, 3.05) is 0 Å². The molecule has 0 aliphatic rings. The molecule has 1 unspecified atom stereocenters. The summed E-state index contributed by atoms with van der Waals surface area (Å²) in [5.41, 5.74) is 5.29. The minimum Gasteiger partial charge on any atom is -0.337 e. The van der Waals surface area contributed by atoms with Crippen LogP contribution in [0, 0.1) is 6.92 Å². The van der Waals surface area contributed by atoms with Crippen LogP contribution in [-0.4, -0.2) is 10.1 Å². The quantitative estimate of drug-likeness (QED) is 0.924. The van der Waals surface area contributed by atoms with Crippen LogP contribution >= 0.6 is 12.4 Å². The third-order valence-electron chi connectivity index (χ3n) is 2.38. The van der Waals surface area contributed by atoms with Crippen molar-refractivity contribution < 1.29 is 17.7 Å². The van der Waals surface area contributed by atoms with E-state index in [0.29, 0.717) is 5.82 Å². The number of nitrogens with two attached hydrogens (primary N) is 1. The number of alkyl halides is 3. The van der Waals surface area contributed by atoms with Crippen molar-refractivity contribution >= 4 is 12.4 Å². The largest absolute Gasteiger partial charge is 0.416 e. The van der Waals surface area contributed by atoms with Crippen molar-refractivity contribution in [2.45, 2.75) is 19.1 Å². The molecule has 1 aromatic carbocycles. The number of aryl methyl sites for hydroxylation is 1. The summed E-state index contributed by atoms with van der Waals surface area (Å²) < 4.78 is 42.5. The Morgan fingerprint density at radius 2 is 2.00 bits per heavy atom. The molecule has 19 heavy (non-hydrogen) atoms. The van der Waals surface area contributed by atoms with E-state index in [1.165, 1.54) is 12.1 Å². The molecule has 0 aliphatic heterocycles. The van der Waals surface area contributed by atoms with E-state index >= 15 is 0 Å². The average molecular weight is 294 g/mol. The average Bonchev–Trinajstić information content (AvgIpc) is 2.74. The van der Waals surface area contributed by atoms with Gasteiger partial charge in [-0.15, -0.1) is 12.4 Å². The first kappa shape index (κ1) is 15.5. The number of halogens is 4. The molecule has 0 saturated heterocycles. The summed E-state index contributed by atoms with van der Waals surface area (Å²) in [6.45, 7) is 1.60. The number of nitrogens with zero attached hydrogens (tertiary/aromatic N) is 2. The second kappa shape index (κ2) is 5.58. The van der Waals surface area contributed by atoms with Crippen LogP contribution in [-0.2, 0) is 6.18 Å². The molecule has 0 amide bonds. The number of rotatable bonds is 2. The maximum atomic E-state index is 12.5. The van der Waals surface area contributed by atoms with Crippen LogP contribution in [0.5, 0.6) is 0 Å². The molecule has 0 aliphatic carbocycles. The molecular weight excluding hydrogens is 283 g/mol. The smallest absolute Gasteiger partial charge is 0.337 e.